The second-order valence-electron chi connectivity index (χ2n) is 5.28. The van der Waals surface area contributed by atoms with Crippen molar-refractivity contribution in [3.8, 4) is 23.0 Å². The maximum atomic E-state index is 5.40. The lowest BCUT2D eigenvalue weighted by molar-refractivity contribution is 0.324. The Morgan fingerprint density at radius 3 is 2.12 bits per heavy atom. The van der Waals surface area contributed by atoms with Gasteiger partial charge in [0, 0.05) is 41.2 Å². The van der Waals surface area contributed by atoms with E-state index in [1.807, 2.05) is 36.4 Å². The number of hydrogen-bond donors (Lipinski definition) is 1. The monoisotopic (exact) mass is 340 g/mol. The van der Waals surface area contributed by atoms with Crippen LogP contribution in [0.5, 0.6) is 23.0 Å². The van der Waals surface area contributed by atoms with E-state index in [1.54, 1.807) is 34.6 Å². The van der Waals surface area contributed by atoms with Crippen LogP contribution in [0.3, 0.4) is 0 Å². The summed E-state index contributed by atoms with van der Waals surface area (Å²) in [6.07, 6.45) is 1.75. The fourth-order valence-electron chi connectivity index (χ4n) is 2.67. The van der Waals surface area contributed by atoms with Crippen molar-refractivity contribution < 1.29 is 18.9 Å². The van der Waals surface area contributed by atoms with E-state index in [9.17, 15) is 0 Å². The maximum Gasteiger partial charge on any atom is 0.203 e. The van der Waals surface area contributed by atoms with Crippen molar-refractivity contribution in [2.45, 2.75) is 0 Å². The molecule has 0 spiro atoms. The number of benzene rings is 2. The lowest BCUT2D eigenvalue weighted by Gasteiger charge is -2.16. The minimum Gasteiger partial charge on any atom is -0.497 e. The lowest BCUT2D eigenvalue weighted by atomic mass is 10.1. The second kappa shape index (κ2) is 7.17. The minimum atomic E-state index is 0.555. The van der Waals surface area contributed by atoms with Gasteiger partial charge in [-0.3, -0.25) is 4.98 Å². The van der Waals surface area contributed by atoms with Gasteiger partial charge in [0.2, 0.25) is 5.75 Å². The third kappa shape index (κ3) is 3.24. The van der Waals surface area contributed by atoms with Crippen molar-refractivity contribution >= 4 is 22.3 Å². The molecule has 2 aromatic carbocycles. The quantitative estimate of drug-likeness (QED) is 0.731. The Bertz CT molecular complexity index is 871. The predicted molar refractivity (Wildman–Crippen MR) is 97.7 cm³/mol. The van der Waals surface area contributed by atoms with Gasteiger partial charge in [0.25, 0.3) is 0 Å². The summed E-state index contributed by atoms with van der Waals surface area (Å²) in [7, 11) is 6.40. The number of ether oxygens (including phenoxy) is 4. The molecule has 6 heteroatoms. The molecule has 0 amide bonds. The third-order valence-corrected chi connectivity index (χ3v) is 3.89. The summed E-state index contributed by atoms with van der Waals surface area (Å²) in [5, 5.41) is 4.37. The standard InChI is InChI=1S/C19H20N2O4/c1-22-13-5-6-14-15(7-8-20-16(14)11-13)21-12-9-17(23-2)19(25-4)18(10-12)24-3/h5-11H,1-4H3,(H,20,21). The number of anilines is 2. The molecule has 25 heavy (non-hydrogen) atoms. The molecular weight excluding hydrogens is 320 g/mol. The van der Waals surface area contributed by atoms with Gasteiger partial charge in [-0.25, -0.2) is 0 Å². The molecule has 0 radical (unpaired) electrons. The number of hydrogen-bond acceptors (Lipinski definition) is 6. The number of methoxy groups -OCH3 is 4. The first-order valence-electron chi connectivity index (χ1n) is 7.70. The highest BCUT2D eigenvalue weighted by Crippen LogP contribution is 2.41. The summed E-state index contributed by atoms with van der Waals surface area (Å²) in [4.78, 5) is 4.40. The Hall–Kier alpha value is -3.15. The molecule has 6 nitrogen and oxygen atoms in total. The summed E-state index contributed by atoms with van der Waals surface area (Å²) >= 11 is 0. The normalized spacial score (nSPS) is 10.4. The molecule has 0 unspecified atom stereocenters. The largest absolute Gasteiger partial charge is 0.497 e. The van der Waals surface area contributed by atoms with Gasteiger partial charge < -0.3 is 24.3 Å². The molecule has 1 heterocycles. The smallest absolute Gasteiger partial charge is 0.203 e. The summed E-state index contributed by atoms with van der Waals surface area (Å²) < 4.78 is 21.4. The molecule has 1 N–H and O–H groups in total. The van der Waals surface area contributed by atoms with E-state index in [0.717, 1.165) is 28.0 Å². The van der Waals surface area contributed by atoms with Crippen LogP contribution in [0.2, 0.25) is 0 Å². The first-order chi connectivity index (χ1) is 12.2. The van der Waals surface area contributed by atoms with Crippen LogP contribution >= 0.6 is 0 Å². The third-order valence-electron chi connectivity index (χ3n) is 3.89. The summed E-state index contributed by atoms with van der Waals surface area (Å²) in [6, 6.07) is 11.4. The zero-order chi connectivity index (χ0) is 17.8. The van der Waals surface area contributed by atoms with Gasteiger partial charge in [0.05, 0.1) is 34.0 Å². The number of pyridine rings is 1. The molecule has 0 saturated heterocycles. The number of fused-ring (bicyclic) bond motifs is 1. The van der Waals surface area contributed by atoms with Crippen LogP contribution in [0, 0.1) is 0 Å². The Balaban J connectivity index is 2.04. The first-order valence-corrected chi connectivity index (χ1v) is 7.70. The van der Waals surface area contributed by atoms with Crippen LogP contribution in [0.4, 0.5) is 11.4 Å². The highest BCUT2D eigenvalue weighted by Gasteiger charge is 2.14. The Labute approximate surface area is 146 Å². The summed E-state index contributed by atoms with van der Waals surface area (Å²) in [6.45, 7) is 0. The fourth-order valence-corrected chi connectivity index (χ4v) is 2.67. The number of aromatic nitrogens is 1. The Morgan fingerprint density at radius 1 is 0.800 bits per heavy atom. The molecular formula is C19H20N2O4. The second-order valence-corrected chi connectivity index (χ2v) is 5.28. The molecule has 130 valence electrons. The number of nitrogens with zero attached hydrogens (tertiary/aromatic N) is 1. The van der Waals surface area contributed by atoms with E-state index in [-0.39, 0.29) is 0 Å². The van der Waals surface area contributed by atoms with E-state index in [4.69, 9.17) is 18.9 Å². The van der Waals surface area contributed by atoms with Gasteiger partial charge in [-0.2, -0.15) is 0 Å². The molecule has 0 aliphatic heterocycles. The first kappa shape index (κ1) is 16.7. The highest BCUT2D eigenvalue weighted by molar-refractivity contribution is 5.93. The summed E-state index contributed by atoms with van der Waals surface area (Å²) in [5.74, 6) is 2.50. The van der Waals surface area contributed by atoms with Crippen LogP contribution in [0.25, 0.3) is 10.9 Å². The van der Waals surface area contributed by atoms with Crippen molar-refractivity contribution in [1.82, 2.24) is 4.98 Å². The van der Waals surface area contributed by atoms with E-state index in [0.29, 0.717) is 17.2 Å². The van der Waals surface area contributed by atoms with Gasteiger partial charge in [-0.05, 0) is 18.2 Å². The summed E-state index contributed by atoms with van der Waals surface area (Å²) in [5.41, 5.74) is 2.58. The molecule has 3 aromatic rings. The number of nitrogens with one attached hydrogen (secondary N) is 1. The van der Waals surface area contributed by atoms with Gasteiger partial charge >= 0.3 is 0 Å². The van der Waals surface area contributed by atoms with E-state index >= 15 is 0 Å². The zero-order valence-electron chi connectivity index (χ0n) is 14.6. The average Bonchev–Trinajstić information content (AvgIpc) is 2.66. The van der Waals surface area contributed by atoms with Gasteiger partial charge in [0.1, 0.15) is 5.75 Å². The molecule has 0 fully saturated rings. The lowest BCUT2D eigenvalue weighted by Crippen LogP contribution is -1.98. The van der Waals surface area contributed by atoms with Crippen molar-refractivity contribution in [3.63, 3.8) is 0 Å². The Morgan fingerprint density at radius 2 is 1.52 bits per heavy atom. The molecule has 0 aliphatic carbocycles. The minimum absolute atomic E-state index is 0.555. The van der Waals surface area contributed by atoms with E-state index < -0.39 is 0 Å². The van der Waals surface area contributed by atoms with E-state index in [1.165, 1.54) is 0 Å². The van der Waals surface area contributed by atoms with Gasteiger partial charge in [-0.15, -0.1) is 0 Å². The van der Waals surface area contributed by atoms with Crippen molar-refractivity contribution in [2.75, 3.05) is 33.8 Å². The maximum absolute atomic E-state index is 5.40. The van der Waals surface area contributed by atoms with Crippen LogP contribution in [0.15, 0.2) is 42.6 Å². The average molecular weight is 340 g/mol. The van der Waals surface area contributed by atoms with Crippen molar-refractivity contribution in [3.05, 3.63) is 42.6 Å². The number of rotatable bonds is 6. The predicted octanol–water partition coefficient (Wildman–Crippen LogP) is 4.01. The van der Waals surface area contributed by atoms with Gasteiger partial charge in [0.15, 0.2) is 11.5 Å². The molecule has 0 aliphatic rings. The zero-order valence-corrected chi connectivity index (χ0v) is 14.6. The Kier molecular flexibility index (Phi) is 4.79. The molecule has 0 bridgehead atoms. The van der Waals surface area contributed by atoms with Crippen molar-refractivity contribution in [1.29, 1.82) is 0 Å². The van der Waals surface area contributed by atoms with Crippen LogP contribution in [0.1, 0.15) is 0 Å². The van der Waals surface area contributed by atoms with Crippen LogP contribution < -0.4 is 24.3 Å². The van der Waals surface area contributed by atoms with Crippen molar-refractivity contribution in [2.24, 2.45) is 0 Å². The SMILES string of the molecule is COc1ccc2c(Nc3cc(OC)c(OC)c(OC)c3)ccnc2c1. The highest BCUT2D eigenvalue weighted by atomic mass is 16.5. The molecule has 0 saturated carbocycles. The molecule has 1 aromatic heterocycles. The van der Waals surface area contributed by atoms with E-state index in [2.05, 4.69) is 10.3 Å². The van der Waals surface area contributed by atoms with Crippen LogP contribution in [-0.2, 0) is 0 Å². The fraction of sp³-hybridized carbons (Fsp3) is 0.211. The topological polar surface area (TPSA) is 61.8 Å². The van der Waals surface area contributed by atoms with Gasteiger partial charge in [-0.1, -0.05) is 0 Å². The molecule has 0 atom stereocenters. The van der Waals surface area contributed by atoms with Crippen LogP contribution in [-0.4, -0.2) is 33.4 Å². The molecule has 3 rings (SSSR count).